The van der Waals surface area contributed by atoms with Gasteiger partial charge < -0.3 is 14.2 Å². The smallest absolute Gasteiger partial charge is 0.338 e. The highest BCUT2D eigenvalue weighted by atomic mass is 19.1. The van der Waals surface area contributed by atoms with Crippen LogP contribution in [0.3, 0.4) is 0 Å². The summed E-state index contributed by atoms with van der Waals surface area (Å²) < 4.78 is 30.0. The van der Waals surface area contributed by atoms with E-state index < -0.39 is 17.8 Å². The van der Waals surface area contributed by atoms with E-state index in [-0.39, 0.29) is 17.9 Å². The van der Waals surface area contributed by atoms with Gasteiger partial charge in [-0.25, -0.2) is 14.0 Å². The molecule has 0 fully saturated rings. The third-order valence-corrected chi connectivity index (χ3v) is 4.55. The first-order valence-corrected chi connectivity index (χ1v) is 10.1. The molecule has 0 amide bonds. The van der Waals surface area contributed by atoms with Crippen LogP contribution in [-0.4, -0.2) is 11.9 Å². The Hall–Kier alpha value is -4.19. The Morgan fingerprint density at radius 2 is 1.27 bits per heavy atom. The third kappa shape index (κ3) is 6.40. The quantitative estimate of drug-likeness (QED) is 0.240. The molecule has 0 saturated heterocycles. The lowest BCUT2D eigenvalue weighted by atomic mass is 10.1. The van der Waals surface area contributed by atoms with Crippen LogP contribution in [0.4, 0.5) is 4.39 Å². The van der Waals surface area contributed by atoms with E-state index in [2.05, 4.69) is 13.2 Å². The summed E-state index contributed by atoms with van der Waals surface area (Å²) in [5.74, 6) is -0.898. The van der Waals surface area contributed by atoms with Crippen molar-refractivity contribution in [1.29, 1.82) is 0 Å². The van der Waals surface area contributed by atoms with Gasteiger partial charge in [0.05, 0.1) is 0 Å². The predicted molar refractivity (Wildman–Crippen MR) is 124 cm³/mol. The van der Waals surface area contributed by atoms with E-state index in [0.29, 0.717) is 22.6 Å². The van der Waals surface area contributed by atoms with Crippen LogP contribution in [0.5, 0.6) is 17.2 Å². The van der Waals surface area contributed by atoms with Gasteiger partial charge >= 0.3 is 11.9 Å². The predicted octanol–water partition coefficient (Wildman–Crippen LogP) is 6.03. The van der Waals surface area contributed by atoms with Crippen LogP contribution in [0.25, 0.3) is 11.1 Å². The van der Waals surface area contributed by atoms with Crippen LogP contribution < -0.4 is 14.2 Å². The summed E-state index contributed by atoms with van der Waals surface area (Å²) in [6, 6.07) is 18.8. The van der Waals surface area contributed by atoms with E-state index in [9.17, 15) is 14.0 Å². The van der Waals surface area contributed by atoms with Crippen molar-refractivity contribution in [2.75, 3.05) is 0 Å². The number of esters is 2. The second-order valence-electron chi connectivity index (χ2n) is 7.44. The fourth-order valence-corrected chi connectivity index (χ4v) is 2.72. The first-order chi connectivity index (χ1) is 15.7. The molecule has 0 heterocycles. The molecular formula is C27H23FO5. The third-order valence-electron chi connectivity index (χ3n) is 4.55. The number of hydrogen-bond donors (Lipinski definition) is 0. The second-order valence-corrected chi connectivity index (χ2v) is 7.44. The maximum absolute atomic E-state index is 14.2. The molecule has 0 saturated carbocycles. The summed E-state index contributed by atoms with van der Waals surface area (Å²) in [6.07, 6.45) is 0. The van der Waals surface area contributed by atoms with Crippen LogP contribution in [-0.2, 0) is 16.2 Å². The zero-order valence-corrected chi connectivity index (χ0v) is 18.4. The van der Waals surface area contributed by atoms with E-state index >= 15 is 0 Å². The van der Waals surface area contributed by atoms with E-state index in [1.807, 2.05) is 36.4 Å². The van der Waals surface area contributed by atoms with Gasteiger partial charge in [-0.2, -0.15) is 0 Å². The van der Waals surface area contributed by atoms with Gasteiger partial charge in [-0.3, -0.25) is 0 Å². The molecule has 3 aromatic rings. The molecule has 0 aliphatic rings. The van der Waals surface area contributed by atoms with Gasteiger partial charge in [0.2, 0.25) is 0 Å². The molecule has 0 aliphatic carbocycles. The molecule has 33 heavy (non-hydrogen) atoms. The Labute approximate surface area is 191 Å². The SMILES string of the molecule is C=C(C)C(=O)Oc1ccc(-c2ccc(OCc3ccc(OC(=O)C(=C)C)c(F)c3)cc2)cc1. The van der Waals surface area contributed by atoms with E-state index in [0.717, 1.165) is 11.1 Å². The van der Waals surface area contributed by atoms with Gasteiger partial charge in [0.25, 0.3) is 0 Å². The van der Waals surface area contributed by atoms with Gasteiger partial charge in [-0.05, 0) is 66.9 Å². The van der Waals surface area contributed by atoms with Gasteiger partial charge in [-0.1, -0.05) is 43.5 Å². The molecule has 0 spiro atoms. The summed E-state index contributed by atoms with van der Waals surface area (Å²) in [6.45, 7) is 10.3. The maximum Gasteiger partial charge on any atom is 0.338 e. The van der Waals surface area contributed by atoms with Crippen LogP contribution in [0.1, 0.15) is 19.4 Å². The van der Waals surface area contributed by atoms with E-state index in [4.69, 9.17) is 14.2 Å². The Morgan fingerprint density at radius 1 is 0.758 bits per heavy atom. The first-order valence-electron chi connectivity index (χ1n) is 10.1. The summed E-state index contributed by atoms with van der Waals surface area (Å²) in [7, 11) is 0. The van der Waals surface area contributed by atoms with Gasteiger partial charge in [-0.15, -0.1) is 0 Å². The lowest BCUT2D eigenvalue weighted by molar-refractivity contribution is -0.131. The largest absolute Gasteiger partial charge is 0.489 e. The van der Waals surface area contributed by atoms with Crippen molar-refractivity contribution in [1.82, 2.24) is 0 Å². The number of carbonyl (C=O) groups is 2. The van der Waals surface area contributed by atoms with E-state index in [1.165, 1.54) is 19.1 Å². The number of ether oxygens (including phenoxy) is 3. The molecule has 6 heteroatoms. The number of benzene rings is 3. The standard InChI is InChI=1S/C27H23FO5/c1-17(2)26(29)32-23-12-8-21(9-13-23)20-6-10-22(11-7-20)31-16-19-5-14-25(24(28)15-19)33-27(30)18(3)4/h5-15H,1,3,16H2,2,4H3. The fraction of sp³-hybridized carbons (Fsp3) is 0.111. The Kier molecular flexibility index (Phi) is 7.41. The van der Waals surface area contributed by atoms with Crippen molar-refractivity contribution < 1.29 is 28.2 Å². The van der Waals surface area contributed by atoms with Crippen molar-refractivity contribution in [2.45, 2.75) is 20.5 Å². The zero-order chi connectivity index (χ0) is 24.0. The number of hydrogen-bond acceptors (Lipinski definition) is 5. The maximum atomic E-state index is 14.2. The highest BCUT2D eigenvalue weighted by molar-refractivity contribution is 5.89. The lowest BCUT2D eigenvalue weighted by Crippen LogP contribution is -2.09. The molecule has 0 aromatic heterocycles. The molecule has 0 atom stereocenters. The highest BCUT2D eigenvalue weighted by Gasteiger charge is 2.11. The van der Waals surface area contributed by atoms with Crippen molar-refractivity contribution in [3.63, 3.8) is 0 Å². The molecule has 3 aromatic carbocycles. The van der Waals surface area contributed by atoms with Gasteiger partial charge in [0, 0.05) is 11.1 Å². The summed E-state index contributed by atoms with van der Waals surface area (Å²) in [5, 5.41) is 0. The molecule has 0 N–H and O–H groups in total. The highest BCUT2D eigenvalue weighted by Crippen LogP contribution is 2.26. The summed E-state index contributed by atoms with van der Waals surface area (Å²) in [5.41, 5.74) is 3.01. The average Bonchev–Trinajstić information content (AvgIpc) is 2.80. The van der Waals surface area contributed by atoms with Gasteiger partial charge in [0.15, 0.2) is 11.6 Å². The number of carbonyl (C=O) groups excluding carboxylic acids is 2. The molecule has 0 unspecified atom stereocenters. The normalized spacial score (nSPS) is 10.3. The van der Waals surface area contributed by atoms with E-state index in [1.54, 1.807) is 25.1 Å². The molecule has 0 aliphatic heterocycles. The molecule has 3 rings (SSSR count). The Balaban J connectivity index is 1.59. The lowest BCUT2D eigenvalue weighted by Gasteiger charge is -2.10. The Morgan fingerprint density at radius 3 is 1.79 bits per heavy atom. The summed E-state index contributed by atoms with van der Waals surface area (Å²) >= 11 is 0. The van der Waals surface area contributed by atoms with Crippen LogP contribution >= 0.6 is 0 Å². The number of rotatable bonds is 8. The molecule has 0 radical (unpaired) electrons. The number of halogens is 1. The van der Waals surface area contributed by atoms with Crippen molar-refractivity contribution in [2.24, 2.45) is 0 Å². The monoisotopic (exact) mass is 446 g/mol. The molecular weight excluding hydrogens is 423 g/mol. The minimum absolute atomic E-state index is 0.147. The summed E-state index contributed by atoms with van der Waals surface area (Å²) in [4.78, 5) is 23.1. The minimum Gasteiger partial charge on any atom is -0.489 e. The van der Waals surface area contributed by atoms with Crippen LogP contribution in [0.2, 0.25) is 0 Å². The van der Waals surface area contributed by atoms with Crippen LogP contribution in [0, 0.1) is 5.82 Å². The average molecular weight is 446 g/mol. The second kappa shape index (κ2) is 10.4. The fourth-order valence-electron chi connectivity index (χ4n) is 2.72. The van der Waals surface area contributed by atoms with Crippen LogP contribution in [0.15, 0.2) is 91.0 Å². The molecule has 5 nitrogen and oxygen atoms in total. The topological polar surface area (TPSA) is 61.8 Å². The van der Waals surface area contributed by atoms with Crippen molar-refractivity contribution >= 4 is 11.9 Å². The van der Waals surface area contributed by atoms with Crippen molar-refractivity contribution in [3.8, 4) is 28.4 Å². The first kappa shape index (κ1) is 23.5. The Bertz CT molecular complexity index is 1190. The zero-order valence-electron chi connectivity index (χ0n) is 18.4. The minimum atomic E-state index is -0.680. The molecule has 0 bridgehead atoms. The molecule has 168 valence electrons. The van der Waals surface area contributed by atoms with Crippen molar-refractivity contribution in [3.05, 3.63) is 102 Å². The van der Waals surface area contributed by atoms with Gasteiger partial charge in [0.1, 0.15) is 18.1 Å².